The number of methoxy groups -OCH3 is 1. The third-order valence-corrected chi connectivity index (χ3v) is 6.31. The molecule has 3 aromatic rings. The van der Waals surface area contributed by atoms with Crippen molar-refractivity contribution in [3.05, 3.63) is 89.7 Å². The first-order valence-electron chi connectivity index (χ1n) is 12.4. The summed E-state index contributed by atoms with van der Waals surface area (Å²) < 4.78 is 7.52. The Morgan fingerprint density at radius 2 is 1.77 bits per heavy atom. The summed E-state index contributed by atoms with van der Waals surface area (Å²) in [5, 5.41) is 0. The molecule has 0 bridgehead atoms. The Morgan fingerprint density at radius 1 is 1.00 bits per heavy atom. The first-order chi connectivity index (χ1) is 17.0. The number of hydrogen-bond donors (Lipinski definition) is 0. The molecule has 0 fully saturated rings. The van der Waals surface area contributed by atoms with E-state index in [1.165, 1.54) is 0 Å². The summed E-state index contributed by atoms with van der Waals surface area (Å²) in [5.41, 5.74) is 2.79. The van der Waals surface area contributed by atoms with Crippen LogP contribution in [-0.4, -0.2) is 52.4 Å². The van der Waals surface area contributed by atoms with Gasteiger partial charge in [0.15, 0.2) is 0 Å². The Bertz CT molecular complexity index is 1090. The highest BCUT2D eigenvalue weighted by Crippen LogP contribution is 2.18. The zero-order valence-corrected chi connectivity index (χ0v) is 21.3. The van der Waals surface area contributed by atoms with E-state index >= 15 is 0 Å². The molecule has 3 rings (SSSR count). The van der Waals surface area contributed by atoms with Crippen LogP contribution in [0.3, 0.4) is 0 Å². The van der Waals surface area contributed by atoms with Crippen molar-refractivity contribution < 1.29 is 14.3 Å². The molecule has 0 spiro atoms. The van der Waals surface area contributed by atoms with Crippen molar-refractivity contribution in [1.29, 1.82) is 0 Å². The minimum atomic E-state index is -0.105. The molecule has 0 aliphatic carbocycles. The van der Waals surface area contributed by atoms with Crippen LogP contribution in [0, 0.1) is 0 Å². The lowest BCUT2D eigenvalue weighted by Gasteiger charge is -2.32. The highest BCUT2D eigenvalue weighted by atomic mass is 16.5. The van der Waals surface area contributed by atoms with Gasteiger partial charge in [-0.3, -0.25) is 9.59 Å². The van der Waals surface area contributed by atoms with Gasteiger partial charge < -0.3 is 19.1 Å². The monoisotopic (exact) mass is 475 g/mol. The van der Waals surface area contributed by atoms with Gasteiger partial charge in [-0.05, 0) is 61.7 Å². The first kappa shape index (κ1) is 26.1. The van der Waals surface area contributed by atoms with Gasteiger partial charge in [0.25, 0.3) is 5.91 Å². The second-order valence-electron chi connectivity index (χ2n) is 8.85. The smallest absolute Gasteiger partial charge is 0.254 e. The van der Waals surface area contributed by atoms with E-state index in [2.05, 4.69) is 30.5 Å². The summed E-state index contributed by atoms with van der Waals surface area (Å²) in [4.78, 5) is 30.2. The van der Waals surface area contributed by atoms with Crippen molar-refractivity contribution in [2.75, 3.05) is 20.2 Å². The second-order valence-corrected chi connectivity index (χ2v) is 8.85. The lowest BCUT2D eigenvalue weighted by Crippen LogP contribution is -2.46. The van der Waals surface area contributed by atoms with Crippen molar-refractivity contribution >= 4 is 11.8 Å². The minimum absolute atomic E-state index is 0.0359. The van der Waals surface area contributed by atoms with Gasteiger partial charge in [0, 0.05) is 36.6 Å². The Kier molecular flexibility index (Phi) is 9.53. The number of nitrogens with zero attached hydrogens (tertiary/aromatic N) is 3. The Labute approximate surface area is 209 Å². The Morgan fingerprint density at radius 3 is 2.46 bits per heavy atom. The van der Waals surface area contributed by atoms with Crippen LogP contribution in [-0.2, 0) is 17.9 Å². The normalized spacial score (nSPS) is 11.7. The van der Waals surface area contributed by atoms with Crippen LogP contribution in [0.1, 0.15) is 55.2 Å². The predicted octanol–water partition coefficient (Wildman–Crippen LogP) is 5.22. The van der Waals surface area contributed by atoms with Gasteiger partial charge in [-0.15, -0.1) is 0 Å². The summed E-state index contributed by atoms with van der Waals surface area (Å²) in [6, 6.07) is 21.3. The maximum atomic E-state index is 13.6. The van der Waals surface area contributed by atoms with Crippen LogP contribution in [0.15, 0.2) is 72.9 Å². The highest BCUT2D eigenvalue weighted by molar-refractivity contribution is 5.96. The fourth-order valence-corrected chi connectivity index (χ4v) is 4.14. The quantitative estimate of drug-likeness (QED) is 0.361. The molecule has 186 valence electrons. The van der Waals surface area contributed by atoms with Gasteiger partial charge in [-0.25, -0.2) is 0 Å². The number of amides is 2. The third kappa shape index (κ3) is 6.98. The van der Waals surface area contributed by atoms with E-state index in [1.54, 1.807) is 24.1 Å². The molecule has 1 atom stereocenters. The predicted molar refractivity (Wildman–Crippen MR) is 139 cm³/mol. The van der Waals surface area contributed by atoms with Crippen molar-refractivity contribution in [1.82, 2.24) is 14.4 Å². The molecule has 0 saturated carbocycles. The van der Waals surface area contributed by atoms with E-state index in [0.29, 0.717) is 25.2 Å². The van der Waals surface area contributed by atoms with Gasteiger partial charge >= 0.3 is 0 Å². The average molecular weight is 476 g/mol. The minimum Gasteiger partial charge on any atom is -0.497 e. The molecule has 0 aliphatic rings. The number of carbonyl (C=O) groups is 2. The SMILES string of the molecule is CCCN(CC(=O)N(Cc1cccn1Cc1cccc(OC)c1)C(C)CC)C(=O)c1ccccc1. The van der Waals surface area contributed by atoms with Crippen LogP contribution < -0.4 is 4.74 Å². The Balaban J connectivity index is 1.77. The molecule has 0 N–H and O–H groups in total. The lowest BCUT2D eigenvalue weighted by atomic mass is 10.1. The van der Waals surface area contributed by atoms with Gasteiger partial charge in [-0.2, -0.15) is 0 Å². The van der Waals surface area contributed by atoms with Gasteiger partial charge in [-0.1, -0.05) is 44.2 Å². The van der Waals surface area contributed by atoms with Crippen molar-refractivity contribution in [3.8, 4) is 5.75 Å². The molecule has 6 heteroatoms. The van der Waals surface area contributed by atoms with Crippen LogP contribution in [0.2, 0.25) is 0 Å². The molecule has 2 amide bonds. The topological polar surface area (TPSA) is 54.8 Å². The molecule has 0 aliphatic heterocycles. The Hall–Kier alpha value is -3.54. The fraction of sp³-hybridized carbons (Fsp3) is 0.379. The van der Waals surface area contributed by atoms with E-state index in [-0.39, 0.29) is 24.4 Å². The van der Waals surface area contributed by atoms with E-state index in [4.69, 9.17) is 4.74 Å². The fourth-order valence-electron chi connectivity index (χ4n) is 4.14. The number of benzene rings is 2. The molecular weight excluding hydrogens is 438 g/mol. The zero-order valence-electron chi connectivity index (χ0n) is 21.3. The average Bonchev–Trinajstić information content (AvgIpc) is 3.33. The zero-order chi connectivity index (χ0) is 25.2. The van der Waals surface area contributed by atoms with Crippen LogP contribution in [0.4, 0.5) is 0 Å². The number of aromatic nitrogens is 1. The summed E-state index contributed by atoms with van der Waals surface area (Å²) in [6.45, 7) is 7.96. The number of rotatable bonds is 12. The molecule has 1 unspecified atom stereocenters. The molecule has 2 aromatic carbocycles. The number of hydrogen-bond acceptors (Lipinski definition) is 3. The second kappa shape index (κ2) is 12.8. The first-order valence-corrected chi connectivity index (χ1v) is 12.4. The molecule has 0 radical (unpaired) electrons. The van der Waals surface area contributed by atoms with Crippen molar-refractivity contribution in [3.63, 3.8) is 0 Å². The molecule has 1 aromatic heterocycles. The molecule has 35 heavy (non-hydrogen) atoms. The summed E-state index contributed by atoms with van der Waals surface area (Å²) in [6.07, 6.45) is 3.66. The molecular formula is C29H37N3O3. The largest absolute Gasteiger partial charge is 0.497 e. The third-order valence-electron chi connectivity index (χ3n) is 6.31. The van der Waals surface area contributed by atoms with E-state index in [9.17, 15) is 9.59 Å². The summed E-state index contributed by atoms with van der Waals surface area (Å²) >= 11 is 0. The summed E-state index contributed by atoms with van der Waals surface area (Å²) in [7, 11) is 1.67. The highest BCUT2D eigenvalue weighted by Gasteiger charge is 2.25. The lowest BCUT2D eigenvalue weighted by molar-refractivity contribution is -0.134. The molecule has 6 nitrogen and oxygen atoms in total. The summed E-state index contributed by atoms with van der Waals surface area (Å²) in [5.74, 6) is 0.684. The van der Waals surface area contributed by atoms with Crippen LogP contribution >= 0.6 is 0 Å². The molecule has 0 saturated heterocycles. The van der Waals surface area contributed by atoms with Crippen molar-refractivity contribution in [2.45, 2.75) is 52.7 Å². The molecule has 1 heterocycles. The van der Waals surface area contributed by atoms with E-state index in [0.717, 1.165) is 29.8 Å². The van der Waals surface area contributed by atoms with Crippen LogP contribution in [0.5, 0.6) is 5.75 Å². The standard InChI is InChI=1S/C29H37N3O3/c1-5-17-31(29(34)25-13-8-7-9-14-25)22-28(33)32(23(3)6-2)21-26-15-11-18-30(26)20-24-12-10-16-27(19-24)35-4/h7-16,18-19,23H,5-6,17,20-22H2,1-4H3. The van der Waals surface area contributed by atoms with Crippen LogP contribution in [0.25, 0.3) is 0 Å². The van der Waals surface area contributed by atoms with E-state index < -0.39 is 0 Å². The van der Waals surface area contributed by atoms with Gasteiger partial charge in [0.2, 0.25) is 5.91 Å². The van der Waals surface area contributed by atoms with E-state index in [1.807, 2.05) is 60.5 Å². The van der Waals surface area contributed by atoms with Gasteiger partial charge in [0.1, 0.15) is 12.3 Å². The van der Waals surface area contributed by atoms with Crippen molar-refractivity contribution in [2.24, 2.45) is 0 Å². The number of carbonyl (C=O) groups excluding carboxylic acids is 2. The number of ether oxygens (including phenoxy) is 1. The van der Waals surface area contributed by atoms with Gasteiger partial charge in [0.05, 0.1) is 13.7 Å². The maximum absolute atomic E-state index is 13.6. The maximum Gasteiger partial charge on any atom is 0.254 e.